The average Bonchev–Trinajstić information content (AvgIpc) is 2.45. The fraction of sp³-hybridized carbons (Fsp3) is 0.562. The third-order valence-corrected chi connectivity index (χ3v) is 3.35. The van der Waals surface area contributed by atoms with E-state index in [2.05, 4.69) is 35.9 Å². The number of carbonyl (C=O) groups excluding carboxylic acids is 1. The van der Waals surface area contributed by atoms with Gasteiger partial charge in [0.05, 0.1) is 7.11 Å². The number of hydrogen-bond acceptors (Lipinski definition) is 3. The first-order valence-corrected chi connectivity index (χ1v) is 7.08. The van der Waals surface area contributed by atoms with Crippen molar-refractivity contribution in [3.05, 3.63) is 35.4 Å². The molecule has 0 amide bonds. The molecule has 1 aromatic rings. The summed E-state index contributed by atoms with van der Waals surface area (Å²) in [6.07, 6.45) is 5.60. The van der Waals surface area contributed by atoms with E-state index in [1.54, 1.807) is 0 Å². The Hall–Kier alpha value is -1.35. The average molecular weight is 263 g/mol. The van der Waals surface area contributed by atoms with Gasteiger partial charge in [-0.3, -0.25) is 4.79 Å². The molecule has 1 atom stereocenters. The van der Waals surface area contributed by atoms with Crippen molar-refractivity contribution in [3.63, 3.8) is 0 Å². The van der Waals surface area contributed by atoms with Gasteiger partial charge < -0.3 is 10.5 Å². The van der Waals surface area contributed by atoms with Crippen molar-refractivity contribution in [2.24, 2.45) is 5.73 Å². The highest BCUT2D eigenvalue weighted by Gasteiger charge is 2.07. The maximum absolute atomic E-state index is 11.0. The molecule has 19 heavy (non-hydrogen) atoms. The van der Waals surface area contributed by atoms with Crippen molar-refractivity contribution in [1.82, 2.24) is 0 Å². The van der Waals surface area contributed by atoms with E-state index in [-0.39, 0.29) is 12.0 Å². The molecule has 0 heterocycles. The Balaban J connectivity index is 2.39. The number of rotatable bonds is 8. The molecule has 0 aliphatic heterocycles. The normalized spacial score (nSPS) is 12.2. The van der Waals surface area contributed by atoms with Gasteiger partial charge in [0.1, 0.15) is 0 Å². The van der Waals surface area contributed by atoms with Gasteiger partial charge in [-0.05, 0) is 36.8 Å². The highest BCUT2D eigenvalue weighted by molar-refractivity contribution is 5.68. The van der Waals surface area contributed by atoms with Crippen molar-refractivity contribution in [2.75, 3.05) is 7.11 Å². The molecule has 0 saturated carbocycles. The van der Waals surface area contributed by atoms with Gasteiger partial charge in [-0.2, -0.15) is 0 Å². The highest BCUT2D eigenvalue weighted by atomic mass is 16.5. The maximum Gasteiger partial charge on any atom is 0.305 e. The summed E-state index contributed by atoms with van der Waals surface area (Å²) in [5.41, 5.74) is 8.63. The molecular formula is C16H25NO2. The van der Waals surface area contributed by atoms with Crippen LogP contribution in [0.1, 0.15) is 56.2 Å². The zero-order valence-electron chi connectivity index (χ0n) is 12.0. The van der Waals surface area contributed by atoms with Gasteiger partial charge in [0.2, 0.25) is 0 Å². The first-order valence-electron chi connectivity index (χ1n) is 7.08. The molecule has 0 aliphatic carbocycles. The van der Waals surface area contributed by atoms with Gasteiger partial charge in [-0.25, -0.2) is 0 Å². The van der Waals surface area contributed by atoms with E-state index in [1.165, 1.54) is 25.5 Å². The Morgan fingerprint density at radius 3 is 2.53 bits per heavy atom. The molecule has 1 aromatic carbocycles. The lowest BCUT2D eigenvalue weighted by molar-refractivity contribution is -0.140. The molecule has 1 rings (SSSR count). The minimum absolute atomic E-state index is 0.00452. The lowest BCUT2D eigenvalue weighted by atomic mass is 9.99. The smallest absolute Gasteiger partial charge is 0.305 e. The third kappa shape index (κ3) is 5.88. The van der Waals surface area contributed by atoms with Crippen LogP contribution < -0.4 is 5.73 Å². The van der Waals surface area contributed by atoms with Crippen LogP contribution in [-0.4, -0.2) is 13.1 Å². The van der Waals surface area contributed by atoms with Gasteiger partial charge in [-0.15, -0.1) is 0 Å². The van der Waals surface area contributed by atoms with Crippen LogP contribution in [0.15, 0.2) is 24.3 Å². The van der Waals surface area contributed by atoms with Crippen molar-refractivity contribution < 1.29 is 9.53 Å². The fourth-order valence-corrected chi connectivity index (χ4v) is 2.05. The molecule has 0 spiro atoms. The van der Waals surface area contributed by atoms with Crippen LogP contribution in [-0.2, 0) is 16.0 Å². The lowest BCUT2D eigenvalue weighted by Crippen LogP contribution is -2.11. The monoisotopic (exact) mass is 263 g/mol. The summed E-state index contributed by atoms with van der Waals surface area (Å²) in [5.74, 6) is -0.165. The van der Waals surface area contributed by atoms with Crippen molar-refractivity contribution >= 4 is 5.97 Å². The first kappa shape index (κ1) is 15.7. The highest BCUT2D eigenvalue weighted by Crippen LogP contribution is 2.18. The number of benzene rings is 1. The van der Waals surface area contributed by atoms with Crippen molar-refractivity contribution in [1.29, 1.82) is 0 Å². The molecule has 0 aromatic heterocycles. The van der Waals surface area contributed by atoms with Gasteiger partial charge in [0, 0.05) is 12.5 Å². The summed E-state index contributed by atoms with van der Waals surface area (Å²) in [7, 11) is 1.41. The fourth-order valence-electron chi connectivity index (χ4n) is 2.05. The summed E-state index contributed by atoms with van der Waals surface area (Å²) in [4.78, 5) is 11.0. The van der Waals surface area contributed by atoms with Crippen molar-refractivity contribution in [3.8, 4) is 0 Å². The molecule has 0 radical (unpaired) electrons. The Morgan fingerprint density at radius 2 is 1.95 bits per heavy atom. The summed E-state index contributed by atoms with van der Waals surface area (Å²) in [5, 5.41) is 0. The quantitative estimate of drug-likeness (QED) is 0.732. The Kier molecular flexibility index (Phi) is 7.19. The van der Waals surface area contributed by atoms with Gasteiger partial charge in [-0.1, -0.05) is 37.6 Å². The molecule has 2 N–H and O–H groups in total. The van der Waals surface area contributed by atoms with Gasteiger partial charge >= 0.3 is 5.97 Å². The molecule has 0 bridgehead atoms. The minimum Gasteiger partial charge on any atom is -0.469 e. The van der Waals surface area contributed by atoms with Crippen LogP contribution in [0.3, 0.4) is 0 Å². The molecule has 0 fully saturated rings. The van der Waals surface area contributed by atoms with Crippen LogP contribution in [0, 0.1) is 0 Å². The number of nitrogens with two attached hydrogens (primary N) is 1. The van der Waals surface area contributed by atoms with Crippen LogP contribution in [0.2, 0.25) is 0 Å². The second-order valence-electron chi connectivity index (χ2n) is 4.92. The molecule has 3 heteroatoms. The summed E-state index contributed by atoms with van der Waals surface area (Å²) in [6.45, 7) is 2.20. The SMILES string of the molecule is CCCCc1ccc(C(N)CCCC(=O)OC)cc1. The standard InChI is InChI=1S/C16H25NO2/c1-3-4-6-13-9-11-14(12-10-13)15(17)7-5-8-16(18)19-2/h9-12,15H,3-8,17H2,1-2H3. The number of hydrogen-bond donors (Lipinski definition) is 1. The predicted octanol–water partition coefficient (Wildman–Crippen LogP) is 3.37. The van der Waals surface area contributed by atoms with Crippen molar-refractivity contribution in [2.45, 2.75) is 51.5 Å². The minimum atomic E-state index is -0.165. The molecule has 106 valence electrons. The largest absolute Gasteiger partial charge is 0.469 e. The van der Waals surface area contributed by atoms with E-state index in [0.29, 0.717) is 6.42 Å². The molecule has 0 saturated heterocycles. The van der Waals surface area contributed by atoms with E-state index in [4.69, 9.17) is 5.73 Å². The van der Waals surface area contributed by atoms with Crippen LogP contribution >= 0.6 is 0 Å². The molecule has 0 aliphatic rings. The zero-order valence-corrected chi connectivity index (χ0v) is 12.0. The van der Waals surface area contributed by atoms with E-state index in [1.807, 2.05) is 0 Å². The maximum atomic E-state index is 11.0. The first-order chi connectivity index (χ1) is 9.17. The van der Waals surface area contributed by atoms with Crippen LogP contribution in [0.5, 0.6) is 0 Å². The number of unbranched alkanes of at least 4 members (excludes halogenated alkanes) is 1. The Morgan fingerprint density at radius 1 is 1.26 bits per heavy atom. The van der Waals surface area contributed by atoms with E-state index >= 15 is 0 Å². The van der Waals surface area contributed by atoms with Gasteiger partial charge in [0.15, 0.2) is 0 Å². The summed E-state index contributed by atoms with van der Waals surface area (Å²) < 4.78 is 4.61. The van der Waals surface area contributed by atoms with Crippen LogP contribution in [0.4, 0.5) is 0 Å². The number of aryl methyl sites for hydroxylation is 1. The number of esters is 1. The second-order valence-corrected chi connectivity index (χ2v) is 4.92. The van der Waals surface area contributed by atoms with E-state index < -0.39 is 0 Å². The van der Waals surface area contributed by atoms with E-state index in [9.17, 15) is 4.79 Å². The lowest BCUT2D eigenvalue weighted by Gasteiger charge is -2.12. The van der Waals surface area contributed by atoms with E-state index in [0.717, 1.165) is 24.8 Å². The molecular weight excluding hydrogens is 238 g/mol. The number of ether oxygens (including phenoxy) is 1. The Bertz CT molecular complexity index is 373. The third-order valence-electron chi connectivity index (χ3n) is 3.35. The summed E-state index contributed by atoms with van der Waals surface area (Å²) in [6, 6.07) is 8.53. The summed E-state index contributed by atoms with van der Waals surface area (Å²) >= 11 is 0. The van der Waals surface area contributed by atoms with Gasteiger partial charge in [0.25, 0.3) is 0 Å². The molecule has 3 nitrogen and oxygen atoms in total. The second kappa shape index (κ2) is 8.70. The zero-order chi connectivity index (χ0) is 14.1. The van der Waals surface area contributed by atoms with Crippen LogP contribution in [0.25, 0.3) is 0 Å². The number of carbonyl (C=O) groups is 1. The predicted molar refractivity (Wildman–Crippen MR) is 77.8 cm³/mol. The molecule has 1 unspecified atom stereocenters. The Labute approximate surface area is 116 Å². The number of methoxy groups -OCH3 is 1. The topological polar surface area (TPSA) is 52.3 Å².